The number of hydrogen-bond donors (Lipinski definition) is 1. The number of hydrogen-bond acceptors (Lipinski definition) is 5. The van der Waals surface area contributed by atoms with Crippen LogP contribution in [0.1, 0.15) is 44.0 Å². The summed E-state index contributed by atoms with van der Waals surface area (Å²) in [6.07, 6.45) is 3.54. The normalized spacial score (nSPS) is 15.7. The van der Waals surface area contributed by atoms with E-state index in [4.69, 9.17) is 10.3 Å². The van der Waals surface area contributed by atoms with E-state index >= 15 is 0 Å². The van der Waals surface area contributed by atoms with Crippen molar-refractivity contribution in [1.29, 1.82) is 0 Å². The Kier molecular flexibility index (Phi) is 3.68. The SMILES string of the molecule is CC(C)(N)c1noc(CN2CCCCc3ccccc32)n1. The third-order valence-electron chi connectivity index (χ3n) is 3.83. The van der Waals surface area contributed by atoms with Gasteiger partial charge in [0.1, 0.15) is 0 Å². The topological polar surface area (TPSA) is 68.2 Å². The molecule has 0 atom stereocenters. The van der Waals surface area contributed by atoms with Crippen molar-refractivity contribution in [2.75, 3.05) is 11.4 Å². The highest BCUT2D eigenvalue weighted by Gasteiger charge is 2.23. The molecule has 2 N–H and O–H groups in total. The van der Waals surface area contributed by atoms with Crippen LogP contribution >= 0.6 is 0 Å². The molecule has 0 fully saturated rings. The van der Waals surface area contributed by atoms with E-state index < -0.39 is 5.54 Å². The summed E-state index contributed by atoms with van der Waals surface area (Å²) in [7, 11) is 0. The van der Waals surface area contributed by atoms with Crippen molar-refractivity contribution in [1.82, 2.24) is 10.1 Å². The second kappa shape index (κ2) is 5.48. The first-order valence-electron chi connectivity index (χ1n) is 7.49. The molecule has 3 rings (SSSR count). The fourth-order valence-electron chi connectivity index (χ4n) is 2.68. The van der Waals surface area contributed by atoms with E-state index in [2.05, 4.69) is 39.3 Å². The fourth-order valence-corrected chi connectivity index (χ4v) is 2.68. The van der Waals surface area contributed by atoms with Gasteiger partial charge in [-0.15, -0.1) is 0 Å². The second-order valence-corrected chi connectivity index (χ2v) is 6.24. The zero-order chi connectivity index (χ0) is 14.9. The van der Waals surface area contributed by atoms with Gasteiger partial charge in [-0.05, 0) is 44.7 Å². The minimum absolute atomic E-state index is 0.556. The summed E-state index contributed by atoms with van der Waals surface area (Å²) in [5, 5.41) is 3.99. The summed E-state index contributed by atoms with van der Waals surface area (Å²) in [6, 6.07) is 8.56. The molecule has 5 nitrogen and oxygen atoms in total. The predicted molar refractivity (Wildman–Crippen MR) is 81.9 cm³/mol. The summed E-state index contributed by atoms with van der Waals surface area (Å²) < 4.78 is 5.37. The van der Waals surface area contributed by atoms with Crippen molar-refractivity contribution < 1.29 is 4.52 Å². The lowest BCUT2D eigenvalue weighted by Gasteiger charge is -2.23. The van der Waals surface area contributed by atoms with E-state index in [-0.39, 0.29) is 0 Å². The van der Waals surface area contributed by atoms with E-state index in [9.17, 15) is 0 Å². The number of nitrogens with two attached hydrogens (primary N) is 1. The number of nitrogens with zero attached hydrogens (tertiary/aromatic N) is 3. The van der Waals surface area contributed by atoms with Gasteiger partial charge in [0.15, 0.2) is 5.82 Å². The molecule has 0 spiro atoms. The van der Waals surface area contributed by atoms with Gasteiger partial charge in [-0.25, -0.2) is 0 Å². The van der Waals surface area contributed by atoms with Gasteiger partial charge in [0.25, 0.3) is 0 Å². The summed E-state index contributed by atoms with van der Waals surface area (Å²) in [4.78, 5) is 6.76. The van der Waals surface area contributed by atoms with Gasteiger partial charge in [0.05, 0.1) is 12.1 Å². The first kappa shape index (κ1) is 14.1. The third kappa shape index (κ3) is 3.08. The Morgan fingerprint density at radius 1 is 1.29 bits per heavy atom. The molecule has 0 saturated carbocycles. The number of anilines is 1. The third-order valence-corrected chi connectivity index (χ3v) is 3.83. The average molecular weight is 286 g/mol. The molecule has 0 bridgehead atoms. The number of benzene rings is 1. The van der Waals surface area contributed by atoms with Crippen molar-refractivity contribution in [2.45, 2.75) is 45.2 Å². The van der Waals surface area contributed by atoms with Gasteiger partial charge in [-0.2, -0.15) is 4.98 Å². The quantitative estimate of drug-likeness (QED) is 0.939. The van der Waals surface area contributed by atoms with Gasteiger partial charge in [0, 0.05) is 12.2 Å². The van der Waals surface area contributed by atoms with Crippen LogP contribution in [0, 0.1) is 0 Å². The lowest BCUT2D eigenvalue weighted by atomic mass is 10.1. The number of fused-ring (bicyclic) bond motifs is 1. The molecule has 5 heteroatoms. The minimum Gasteiger partial charge on any atom is -0.362 e. The van der Waals surface area contributed by atoms with Crippen molar-refractivity contribution in [3.63, 3.8) is 0 Å². The van der Waals surface area contributed by atoms with E-state index in [1.165, 1.54) is 24.1 Å². The molecule has 0 amide bonds. The monoisotopic (exact) mass is 286 g/mol. The standard InChI is InChI=1S/C16H22N4O/c1-16(2,17)15-18-14(21-19-15)11-20-10-6-5-8-12-7-3-4-9-13(12)20/h3-4,7,9H,5-6,8,10-11,17H2,1-2H3. The smallest absolute Gasteiger partial charge is 0.246 e. The number of rotatable bonds is 3. The van der Waals surface area contributed by atoms with Crippen molar-refractivity contribution in [3.8, 4) is 0 Å². The maximum atomic E-state index is 6.01. The summed E-state index contributed by atoms with van der Waals surface area (Å²) in [5.41, 5.74) is 8.11. The molecule has 21 heavy (non-hydrogen) atoms. The van der Waals surface area contributed by atoms with E-state index in [0.717, 1.165) is 13.0 Å². The minimum atomic E-state index is -0.571. The zero-order valence-electron chi connectivity index (χ0n) is 12.7. The van der Waals surface area contributed by atoms with Crippen LogP contribution in [0.5, 0.6) is 0 Å². The molecule has 112 valence electrons. The molecule has 0 unspecified atom stereocenters. The zero-order valence-corrected chi connectivity index (χ0v) is 12.7. The molecule has 1 aliphatic heterocycles. The van der Waals surface area contributed by atoms with Crippen molar-refractivity contribution >= 4 is 5.69 Å². The Labute approximate surface area is 125 Å². The van der Waals surface area contributed by atoms with Crippen molar-refractivity contribution in [2.24, 2.45) is 5.73 Å². The van der Waals surface area contributed by atoms with Crippen LogP contribution in [0.15, 0.2) is 28.8 Å². The first-order valence-corrected chi connectivity index (χ1v) is 7.49. The molecule has 1 aromatic carbocycles. The van der Waals surface area contributed by atoms with Crippen LogP contribution in [0.4, 0.5) is 5.69 Å². The average Bonchev–Trinajstić information content (AvgIpc) is 2.82. The van der Waals surface area contributed by atoms with Crippen LogP contribution in [0.25, 0.3) is 0 Å². The highest BCUT2D eigenvalue weighted by atomic mass is 16.5. The lowest BCUT2D eigenvalue weighted by molar-refractivity contribution is 0.359. The van der Waals surface area contributed by atoms with E-state index in [1.807, 2.05) is 13.8 Å². The molecule has 0 saturated heterocycles. The van der Waals surface area contributed by atoms with Crippen LogP contribution in [0.3, 0.4) is 0 Å². The Balaban J connectivity index is 1.83. The first-order chi connectivity index (χ1) is 10.0. The van der Waals surface area contributed by atoms with Gasteiger partial charge in [0.2, 0.25) is 5.89 Å². The number of aryl methyl sites for hydroxylation is 1. The summed E-state index contributed by atoms with van der Waals surface area (Å²) in [6.45, 7) is 5.41. The Hall–Kier alpha value is -1.88. The largest absolute Gasteiger partial charge is 0.362 e. The molecule has 0 aliphatic carbocycles. The Morgan fingerprint density at radius 3 is 2.86 bits per heavy atom. The van der Waals surface area contributed by atoms with E-state index in [0.29, 0.717) is 18.3 Å². The summed E-state index contributed by atoms with van der Waals surface area (Å²) >= 11 is 0. The van der Waals surface area contributed by atoms with Gasteiger partial charge >= 0.3 is 0 Å². The lowest BCUT2D eigenvalue weighted by Crippen LogP contribution is -2.30. The van der Waals surface area contributed by atoms with Crippen LogP contribution < -0.4 is 10.6 Å². The fraction of sp³-hybridized carbons (Fsp3) is 0.500. The number of para-hydroxylation sites is 1. The highest BCUT2D eigenvalue weighted by Crippen LogP contribution is 2.27. The Morgan fingerprint density at radius 2 is 2.10 bits per heavy atom. The summed E-state index contributed by atoms with van der Waals surface area (Å²) in [5.74, 6) is 1.18. The van der Waals surface area contributed by atoms with Gasteiger partial charge in [-0.1, -0.05) is 23.4 Å². The van der Waals surface area contributed by atoms with Crippen molar-refractivity contribution in [3.05, 3.63) is 41.5 Å². The molecular formula is C16H22N4O. The van der Waals surface area contributed by atoms with Crippen LogP contribution in [0.2, 0.25) is 0 Å². The molecule has 0 radical (unpaired) electrons. The number of aromatic nitrogens is 2. The van der Waals surface area contributed by atoms with E-state index in [1.54, 1.807) is 0 Å². The maximum absolute atomic E-state index is 6.01. The Bertz CT molecular complexity index is 615. The van der Waals surface area contributed by atoms with Gasteiger partial charge in [-0.3, -0.25) is 0 Å². The molecule has 2 heterocycles. The van der Waals surface area contributed by atoms with Gasteiger partial charge < -0.3 is 15.2 Å². The maximum Gasteiger partial charge on any atom is 0.246 e. The highest BCUT2D eigenvalue weighted by molar-refractivity contribution is 5.54. The molecule has 2 aromatic rings. The molecule has 1 aliphatic rings. The second-order valence-electron chi connectivity index (χ2n) is 6.24. The van der Waals surface area contributed by atoms with Crippen LogP contribution in [-0.2, 0) is 18.5 Å². The molecular weight excluding hydrogens is 264 g/mol. The molecule has 1 aromatic heterocycles. The van der Waals surface area contributed by atoms with Crippen LogP contribution in [-0.4, -0.2) is 16.7 Å². The predicted octanol–water partition coefficient (Wildman–Crippen LogP) is 2.61.